The summed E-state index contributed by atoms with van der Waals surface area (Å²) in [6, 6.07) is 15.2. The maximum Gasteiger partial charge on any atom is 0.271 e. The molecule has 1 saturated heterocycles. The van der Waals surface area contributed by atoms with Crippen LogP contribution in [0, 0.1) is 6.92 Å². The molecule has 2 aromatic carbocycles. The first-order valence-electron chi connectivity index (χ1n) is 14.1. The van der Waals surface area contributed by atoms with Gasteiger partial charge in [-0.3, -0.25) is 9.48 Å². The Balaban J connectivity index is 1.30. The first-order chi connectivity index (χ1) is 19.8. The van der Waals surface area contributed by atoms with E-state index in [-0.39, 0.29) is 11.5 Å². The van der Waals surface area contributed by atoms with Gasteiger partial charge in [-0.05, 0) is 61.2 Å². The molecule has 4 aromatic rings. The molecular weight excluding hydrogens is 514 g/mol. The lowest BCUT2D eigenvalue weighted by molar-refractivity contribution is 0.0996. The minimum absolute atomic E-state index is 0.0924. The molecule has 0 bridgehead atoms. The number of hydrogen-bond donors (Lipinski definition) is 3. The van der Waals surface area contributed by atoms with Crippen LogP contribution in [0.25, 0.3) is 11.1 Å². The van der Waals surface area contributed by atoms with Gasteiger partial charge in [0.2, 0.25) is 0 Å². The molecular formula is C31H39N9O. The van der Waals surface area contributed by atoms with E-state index in [0.717, 1.165) is 50.4 Å². The largest absolute Gasteiger partial charge is 0.364 e. The number of nitrogens with zero attached hydrogens (tertiary/aromatic N) is 6. The number of carbonyl (C=O) groups is 1. The van der Waals surface area contributed by atoms with Crippen LogP contribution >= 0.6 is 0 Å². The van der Waals surface area contributed by atoms with Crippen LogP contribution in [-0.4, -0.2) is 75.2 Å². The molecule has 10 nitrogen and oxygen atoms in total. The maximum atomic E-state index is 12.1. The van der Waals surface area contributed by atoms with Gasteiger partial charge in [0.25, 0.3) is 5.91 Å². The number of piperazine rings is 1. The average molecular weight is 554 g/mol. The summed E-state index contributed by atoms with van der Waals surface area (Å²) in [6.07, 6.45) is 5.09. The van der Waals surface area contributed by atoms with Gasteiger partial charge in [-0.25, -0.2) is 9.97 Å². The molecule has 3 heterocycles. The second-order valence-electron chi connectivity index (χ2n) is 10.7. The first kappa shape index (κ1) is 28.3. The summed E-state index contributed by atoms with van der Waals surface area (Å²) in [5, 5.41) is 10.7. The van der Waals surface area contributed by atoms with Crippen LogP contribution in [0.5, 0.6) is 0 Å². The van der Waals surface area contributed by atoms with Crippen LogP contribution in [0.4, 0.5) is 23.0 Å². The van der Waals surface area contributed by atoms with Crippen molar-refractivity contribution in [2.24, 2.45) is 12.8 Å². The summed E-state index contributed by atoms with van der Waals surface area (Å²) in [7, 11) is 4.01. The molecule has 10 heteroatoms. The highest BCUT2D eigenvalue weighted by Crippen LogP contribution is 2.29. The Morgan fingerprint density at radius 3 is 2.32 bits per heavy atom. The van der Waals surface area contributed by atoms with E-state index in [1.807, 2.05) is 20.0 Å². The Hall–Kier alpha value is -4.28. The Morgan fingerprint density at radius 1 is 0.951 bits per heavy atom. The van der Waals surface area contributed by atoms with Crippen LogP contribution < -0.4 is 16.4 Å². The lowest BCUT2D eigenvalue weighted by atomic mass is 9.98. The number of benzene rings is 2. The lowest BCUT2D eigenvalue weighted by Gasteiger charge is -2.32. The summed E-state index contributed by atoms with van der Waals surface area (Å²) >= 11 is 0. The molecule has 1 fully saturated rings. The molecule has 214 valence electrons. The maximum absolute atomic E-state index is 12.1. The second kappa shape index (κ2) is 12.5. The van der Waals surface area contributed by atoms with E-state index in [1.165, 1.54) is 16.7 Å². The standard InChI is InChI=1S/C31H39N9O/c1-5-27-30(37-31(28(36-27)29(32)41)35-25-19-33-39(4)20-25)34-24-10-11-26(21(2)18-24)23-8-6-22(7-9-23)12-13-40-16-14-38(3)15-17-40/h6-11,18-20H,5,12-17H2,1-4H3,(H2,32,41)(H2,34,35,37). The van der Waals surface area contributed by atoms with E-state index in [2.05, 4.69) is 80.9 Å². The van der Waals surface area contributed by atoms with Gasteiger partial charge in [0.1, 0.15) is 0 Å². The van der Waals surface area contributed by atoms with Gasteiger partial charge in [-0.1, -0.05) is 37.3 Å². The molecule has 1 aliphatic heterocycles. The SMILES string of the molecule is CCc1nc(C(N)=O)c(Nc2cnn(C)c2)nc1Nc1ccc(-c2ccc(CCN3CCN(C)CC3)cc2)c(C)c1. The van der Waals surface area contributed by atoms with E-state index in [0.29, 0.717) is 23.6 Å². The molecule has 1 aliphatic rings. The number of primary amides is 1. The van der Waals surface area contributed by atoms with Gasteiger partial charge in [0.15, 0.2) is 17.3 Å². The fraction of sp³-hybridized carbons (Fsp3) is 0.355. The molecule has 4 N–H and O–H groups in total. The number of nitrogens with two attached hydrogens (primary N) is 1. The third-order valence-corrected chi connectivity index (χ3v) is 7.57. The Bertz CT molecular complexity index is 1500. The Labute approximate surface area is 241 Å². The van der Waals surface area contributed by atoms with Crippen molar-refractivity contribution >= 4 is 28.9 Å². The number of amides is 1. The van der Waals surface area contributed by atoms with Crippen molar-refractivity contribution in [2.75, 3.05) is 50.4 Å². The van der Waals surface area contributed by atoms with Gasteiger partial charge in [0, 0.05) is 51.7 Å². The zero-order valence-corrected chi connectivity index (χ0v) is 24.3. The predicted octanol–water partition coefficient (Wildman–Crippen LogP) is 4.12. The predicted molar refractivity (Wildman–Crippen MR) is 164 cm³/mol. The summed E-state index contributed by atoms with van der Waals surface area (Å²) in [5.74, 6) is 0.211. The number of carbonyl (C=O) groups excluding carboxylic acids is 1. The molecule has 0 saturated carbocycles. The third-order valence-electron chi connectivity index (χ3n) is 7.57. The number of hydrogen-bond acceptors (Lipinski definition) is 8. The highest BCUT2D eigenvalue weighted by molar-refractivity contribution is 5.96. The number of likely N-dealkylation sites (N-methyl/N-ethyl adjacent to an activating group) is 1. The smallest absolute Gasteiger partial charge is 0.271 e. The highest BCUT2D eigenvalue weighted by atomic mass is 16.1. The highest BCUT2D eigenvalue weighted by Gasteiger charge is 2.18. The fourth-order valence-electron chi connectivity index (χ4n) is 5.11. The summed E-state index contributed by atoms with van der Waals surface area (Å²) < 4.78 is 1.66. The van der Waals surface area contributed by atoms with Crippen molar-refractivity contribution in [2.45, 2.75) is 26.7 Å². The number of aromatic nitrogens is 4. The molecule has 41 heavy (non-hydrogen) atoms. The van der Waals surface area contributed by atoms with Crippen molar-refractivity contribution in [3.05, 3.63) is 77.4 Å². The van der Waals surface area contributed by atoms with Gasteiger partial charge in [-0.15, -0.1) is 0 Å². The van der Waals surface area contributed by atoms with E-state index in [9.17, 15) is 4.79 Å². The molecule has 0 atom stereocenters. The molecule has 5 rings (SSSR count). The average Bonchev–Trinajstić information content (AvgIpc) is 3.37. The number of anilines is 4. The third kappa shape index (κ3) is 6.90. The van der Waals surface area contributed by atoms with Crippen molar-refractivity contribution in [3.8, 4) is 11.1 Å². The van der Waals surface area contributed by atoms with Gasteiger partial charge < -0.3 is 26.2 Å². The monoisotopic (exact) mass is 553 g/mol. The minimum atomic E-state index is -0.643. The molecule has 0 radical (unpaired) electrons. The number of rotatable bonds is 10. The summed E-state index contributed by atoms with van der Waals surface area (Å²) in [6.45, 7) is 9.79. The van der Waals surface area contributed by atoms with Crippen molar-refractivity contribution < 1.29 is 4.79 Å². The van der Waals surface area contributed by atoms with Crippen molar-refractivity contribution in [1.82, 2.24) is 29.5 Å². The van der Waals surface area contributed by atoms with E-state index < -0.39 is 5.91 Å². The van der Waals surface area contributed by atoms with Crippen molar-refractivity contribution in [3.63, 3.8) is 0 Å². The molecule has 0 unspecified atom stereocenters. The van der Waals surface area contributed by atoms with Gasteiger partial charge >= 0.3 is 0 Å². The van der Waals surface area contributed by atoms with Crippen LogP contribution in [0.2, 0.25) is 0 Å². The van der Waals surface area contributed by atoms with Crippen LogP contribution in [-0.2, 0) is 19.9 Å². The normalized spacial score (nSPS) is 14.2. The van der Waals surface area contributed by atoms with E-state index in [1.54, 1.807) is 17.1 Å². The summed E-state index contributed by atoms with van der Waals surface area (Å²) in [4.78, 5) is 26.3. The second-order valence-corrected chi connectivity index (χ2v) is 10.7. The van der Waals surface area contributed by atoms with Crippen LogP contribution in [0.15, 0.2) is 54.9 Å². The van der Waals surface area contributed by atoms with Crippen LogP contribution in [0.3, 0.4) is 0 Å². The zero-order chi connectivity index (χ0) is 28.9. The molecule has 1 amide bonds. The lowest BCUT2D eigenvalue weighted by Crippen LogP contribution is -2.45. The van der Waals surface area contributed by atoms with E-state index in [4.69, 9.17) is 10.7 Å². The molecule has 0 spiro atoms. The Kier molecular flexibility index (Phi) is 8.61. The van der Waals surface area contributed by atoms with Gasteiger partial charge in [-0.2, -0.15) is 5.10 Å². The van der Waals surface area contributed by atoms with Crippen molar-refractivity contribution in [1.29, 1.82) is 0 Å². The first-order valence-corrected chi connectivity index (χ1v) is 14.1. The fourth-order valence-corrected chi connectivity index (χ4v) is 5.11. The molecule has 2 aromatic heterocycles. The Morgan fingerprint density at radius 2 is 1.68 bits per heavy atom. The van der Waals surface area contributed by atoms with Crippen LogP contribution in [0.1, 0.15) is 34.2 Å². The quantitative estimate of drug-likeness (QED) is 0.269. The topological polar surface area (TPSA) is 117 Å². The number of aryl methyl sites for hydroxylation is 3. The minimum Gasteiger partial charge on any atom is -0.364 e. The van der Waals surface area contributed by atoms with E-state index >= 15 is 0 Å². The molecule has 0 aliphatic carbocycles. The van der Waals surface area contributed by atoms with Gasteiger partial charge in [0.05, 0.1) is 17.6 Å². The summed E-state index contributed by atoms with van der Waals surface area (Å²) in [5.41, 5.74) is 12.8. The zero-order valence-electron chi connectivity index (χ0n) is 24.3. The number of nitrogens with one attached hydrogen (secondary N) is 2.